The number of amides is 2. The second-order valence-corrected chi connectivity index (χ2v) is 11.6. The molecule has 1 aliphatic rings. The van der Waals surface area contributed by atoms with E-state index in [1.807, 2.05) is 47.8 Å². The number of nitrogens with one attached hydrogen (secondary N) is 2. The van der Waals surface area contributed by atoms with Gasteiger partial charge in [0.15, 0.2) is 18.0 Å². The number of urea groups is 1. The van der Waals surface area contributed by atoms with Crippen molar-refractivity contribution in [3.05, 3.63) is 89.0 Å². The van der Waals surface area contributed by atoms with E-state index in [0.29, 0.717) is 34.1 Å². The van der Waals surface area contributed by atoms with Crippen molar-refractivity contribution >= 4 is 51.8 Å². The van der Waals surface area contributed by atoms with Gasteiger partial charge in [0.25, 0.3) is 0 Å². The van der Waals surface area contributed by atoms with Crippen molar-refractivity contribution in [3.8, 4) is 0 Å². The van der Waals surface area contributed by atoms with Gasteiger partial charge in [0.1, 0.15) is 6.54 Å². The molecular weight excluding hydrogens is 623 g/mol. The van der Waals surface area contributed by atoms with Crippen LogP contribution in [-0.4, -0.2) is 61.6 Å². The fourth-order valence-corrected chi connectivity index (χ4v) is 6.10. The van der Waals surface area contributed by atoms with Crippen molar-refractivity contribution in [3.63, 3.8) is 0 Å². The van der Waals surface area contributed by atoms with Crippen LogP contribution in [0.2, 0.25) is 5.02 Å². The standard InChI is InChI=1S/C32H31ClF3N7O3/c1-3-20-15-42(31(45)39-17-32(34,35)36)16-22(20)27-13-37-28-14-38-29-26(43(27)28)11-12-41(29)18-46-30(44)21-7-4-5-9-25(21)40-24-10-6-8-23(33)19(24)2/h4-14,20,22,40H,3,15-18H2,1-2H3,(H,39,45)/t20-,22+/m1/s1. The predicted molar refractivity (Wildman–Crippen MR) is 167 cm³/mol. The highest BCUT2D eigenvalue weighted by atomic mass is 35.5. The third kappa shape index (κ3) is 6.19. The van der Waals surface area contributed by atoms with E-state index in [1.54, 1.807) is 47.4 Å². The number of benzene rings is 2. The maximum absolute atomic E-state index is 13.3. The van der Waals surface area contributed by atoms with Gasteiger partial charge in [-0.3, -0.25) is 8.97 Å². The monoisotopic (exact) mass is 653 g/mol. The summed E-state index contributed by atoms with van der Waals surface area (Å²) in [5, 5.41) is 5.86. The summed E-state index contributed by atoms with van der Waals surface area (Å²) in [6, 6.07) is 13.6. The topological polar surface area (TPSA) is 106 Å². The Kier molecular flexibility index (Phi) is 8.51. The molecule has 3 aromatic heterocycles. The van der Waals surface area contributed by atoms with Gasteiger partial charge >= 0.3 is 18.2 Å². The van der Waals surface area contributed by atoms with E-state index in [4.69, 9.17) is 16.3 Å². The largest absolute Gasteiger partial charge is 0.440 e. The number of esters is 1. The molecule has 2 amide bonds. The first-order chi connectivity index (χ1) is 22.0. The number of hydrogen-bond donors (Lipinski definition) is 2. The molecule has 240 valence electrons. The summed E-state index contributed by atoms with van der Waals surface area (Å²) in [5.41, 5.74) is 5.21. The number of alkyl halides is 3. The zero-order chi connectivity index (χ0) is 32.6. The number of fused-ring (bicyclic) bond motifs is 3. The molecule has 4 heterocycles. The molecule has 2 N–H and O–H groups in total. The molecule has 1 saturated heterocycles. The third-order valence-electron chi connectivity index (χ3n) is 8.36. The molecule has 1 aliphatic heterocycles. The van der Waals surface area contributed by atoms with Crippen LogP contribution >= 0.6 is 11.6 Å². The Balaban J connectivity index is 1.22. The van der Waals surface area contributed by atoms with Crippen LogP contribution in [0.25, 0.3) is 16.8 Å². The van der Waals surface area contributed by atoms with Crippen molar-refractivity contribution in [2.45, 2.75) is 39.1 Å². The van der Waals surface area contributed by atoms with Crippen molar-refractivity contribution in [2.24, 2.45) is 5.92 Å². The first kappa shape index (κ1) is 31.2. The Morgan fingerprint density at radius 2 is 1.83 bits per heavy atom. The normalized spacial score (nSPS) is 16.7. The minimum atomic E-state index is -4.49. The van der Waals surface area contributed by atoms with E-state index < -0.39 is 24.7 Å². The van der Waals surface area contributed by atoms with Gasteiger partial charge in [-0.2, -0.15) is 13.2 Å². The van der Waals surface area contributed by atoms with Gasteiger partial charge in [0, 0.05) is 47.8 Å². The van der Waals surface area contributed by atoms with Gasteiger partial charge in [-0.1, -0.05) is 43.1 Å². The number of para-hydroxylation sites is 1. The molecule has 6 rings (SSSR count). The molecule has 2 aromatic carbocycles. The number of ether oxygens (including phenoxy) is 1. The zero-order valence-corrected chi connectivity index (χ0v) is 25.8. The molecule has 5 aromatic rings. The van der Waals surface area contributed by atoms with Gasteiger partial charge in [-0.25, -0.2) is 19.6 Å². The molecule has 0 bridgehead atoms. The van der Waals surface area contributed by atoms with Crippen molar-refractivity contribution in [1.82, 2.24) is 29.2 Å². The van der Waals surface area contributed by atoms with Gasteiger partial charge in [-0.05, 0) is 48.7 Å². The molecule has 1 fully saturated rings. The van der Waals surface area contributed by atoms with Crippen LogP contribution in [0, 0.1) is 12.8 Å². The molecule has 46 heavy (non-hydrogen) atoms. The van der Waals surface area contributed by atoms with Crippen LogP contribution < -0.4 is 10.6 Å². The Hall–Kier alpha value is -4.78. The van der Waals surface area contributed by atoms with E-state index in [9.17, 15) is 22.8 Å². The molecular formula is C32H31ClF3N7O3. The lowest BCUT2D eigenvalue weighted by atomic mass is 9.91. The highest BCUT2D eigenvalue weighted by Crippen LogP contribution is 2.36. The lowest BCUT2D eigenvalue weighted by Crippen LogP contribution is -2.42. The van der Waals surface area contributed by atoms with E-state index in [-0.39, 0.29) is 25.1 Å². The number of hydrogen-bond acceptors (Lipinski definition) is 6. The van der Waals surface area contributed by atoms with Crippen LogP contribution in [-0.2, 0) is 11.5 Å². The molecule has 0 aliphatic carbocycles. The summed E-state index contributed by atoms with van der Waals surface area (Å²) >= 11 is 6.27. The molecule has 0 unspecified atom stereocenters. The number of likely N-dealkylation sites (tertiary alicyclic amines) is 1. The fourth-order valence-electron chi connectivity index (χ4n) is 5.92. The zero-order valence-electron chi connectivity index (χ0n) is 25.0. The number of halogens is 4. The number of carbonyl (C=O) groups excluding carboxylic acids is 2. The van der Waals surface area contributed by atoms with Gasteiger partial charge in [-0.15, -0.1) is 0 Å². The number of aromatic nitrogens is 4. The summed E-state index contributed by atoms with van der Waals surface area (Å²) in [7, 11) is 0. The Bertz CT molecular complexity index is 1920. The van der Waals surface area contributed by atoms with Crippen LogP contribution in [0.4, 0.5) is 29.3 Å². The first-order valence-corrected chi connectivity index (χ1v) is 15.1. The maximum atomic E-state index is 13.3. The van der Waals surface area contributed by atoms with Gasteiger partial charge < -0.3 is 20.3 Å². The number of nitrogens with zero attached hydrogens (tertiary/aromatic N) is 5. The van der Waals surface area contributed by atoms with E-state index >= 15 is 0 Å². The molecule has 0 saturated carbocycles. The summed E-state index contributed by atoms with van der Waals surface area (Å²) in [6.45, 7) is 2.97. The van der Waals surface area contributed by atoms with E-state index in [2.05, 4.69) is 15.3 Å². The van der Waals surface area contributed by atoms with Crippen LogP contribution in [0.15, 0.2) is 67.1 Å². The number of carbonyl (C=O) groups is 2. The molecule has 0 spiro atoms. The first-order valence-electron chi connectivity index (χ1n) is 14.7. The Labute approximate surface area is 267 Å². The van der Waals surface area contributed by atoms with Crippen LogP contribution in [0.3, 0.4) is 0 Å². The summed E-state index contributed by atoms with van der Waals surface area (Å²) in [4.78, 5) is 36.3. The van der Waals surface area contributed by atoms with Crippen molar-refractivity contribution in [1.29, 1.82) is 0 Å². The van der Waals surface area contributed by atoms with Crippen LogP contribution in [0.5, 0.6) is 0 Å². The fraction of sp³-hybridized carbons (Fsp3) is 0.312. The van der Waals surface area contributed by atoms with Crippen molar-refractivity contribution in [2.75, 3.05) is 25.0 Å². The molecule has 2 atom stereocenters. The summed E-state index contributed by atoms with van der Waals surface area (Å²) in [6.07, 6.45) is 1.33. The summed E-state index contributed by atoms with van der Waals surface area (Å²) in [5.74, 6) is -0.669. The van der Waals surface area contributed by atoms with Crippen molar-refractivity contribution < 1.29 is 27.5 Å². The number of rotatable bonds is 8. The lowest BCUT2D eigenvalue weighted by molar-refractivity contribution is -0.123. The highest BCUT2D eigenvalue weighted by Gasteiger charge is 2.38. The Morgan fingerprint density at radius 3 is 2.61 bits per heavy atom. The Morgan fingerprint density at radius 1 is 1.04 bits per heavy atom. The summed E-state index contributed by atoms with van der Waals surface area (Å²) < 4.78 is 47.4. The lowest BCUT2D eigenvalue weighted by Gasteiger charge is -2.18. The maximum Gasteiger partial charge on any atom is 0.405 e. The minimum absolute atomic E-state index is 0.0205. The molecule has 14 heteroatoms. The highest BCUT2D eigenvalue weighted by molar-refractivity contribution is 6.31. The van der Waals surface area contributed by atoms with E-state index in [1.165, 1.54) is 4.90 Å². The number of anilines is 2. The van der Waals surface area contributed by atoms with Gasteiger partial charge in [0.05, 0.1) is 23.0 Å². The minimum Gasteiger partial charge on any atom is -0.440 e. The second-order valence-electron chi connectivity index (χ2n) is 11.2. The van der Waals surface area contributed by atoms with Crippen LogP contribution in [0.1, 0.15) is 40.9 Å². The van der Waals surface area contributed by atoms with Gasteiger partial charge in [0.2, 0.25) is 0 Å². The predicted octanol–water partition coefficient (Wildman–Crippen LogP) is 6.90. The number of imidazole rings is 1. The second kappa shape index (κ2) is 12.5. The average molecular weight is 654 g/mol. The molecule has 10 nitrogen and oxygen atoms in total. The van der Waals surface area contributed by atoms with E-state index in [0.717, 1.165) is 28.9 Å². The smallest absolute Gasteiger partial charge is 0.405 e. The average Bonchev–Trinajstić information content (AvgIpc) is 3.77. The third-order valence-corrected chi connectivity index (χ3v) is 8.77. The quantitative estimate of drug-likeness (QED) is 0.177. The molecule has 0 radical (unpaired) electrons. The SMILES string of the molecule is CC[C@@H]1CN(C(=O)NCC(F)(F)F)C[C@@H]1c1cnc2cnc3c(ccn3COC(=O)c3ccccc3Nc3cccc(Cl)c3C)n12.